The molecule has 1 aromatic heterocycles. The molecule has 6 heteroatoms. The van der Waals surface area contributed by atoms with Crippen molar-refractivity contribution in [2.75, 3.05) is 7.11 Å². The van der Waals surface area contributed by atoms with E-state index >= 15 is 0 Å². The molecule has 0 unspecified atom stereocenters. The summed E-state index contributed by atoms with van der Waals surface area (Å²) in [6.45, 7) is 6.94. The van der Waals surface area contributed by atoms with Gasteiger partial charge >= 0.3 is 5.97 Å². The van der Waals surface area contributed by atoms with Crippen molar-refractivity contribution >= 4 is 23.2 Å². The van der Waals surface area contributed by atoms with Crippen molar-refractivity contribution in [1.29, 1.82) is 0 Å². The topological polar surface area (TPSA) is 64.6 Å². The van der Waals surface area contributed by atoms with E-state index in [0.29, 0.717) is 10.6 Å². The van der Waals surface area contributed by atoms with Crippen LogP contribution in [0.15, 0.2) is 11.4 Å². The molecular formula is C13H19NO4S. The standard InChI is InChI=1S/C13H19NO4S/c1-8(12(16)18-13(2,3)4)14-11(15)10-6-9(17-5)7-19-10/h6-8H,1-5H3,(H,14,15)/t8-/m0/s1. The fourth-order valence-corrected chi connectivity index (χ4v) is 2.02. The molecule has 5 nitrogen and oxygen atoms in total. The number of methoxy groups -OCH3 is 1. The Morgan fingerprint density at radius 2 is 2.00 bits per heavy atom. The van der Waals surface area contributed by atoms with Crippen LogP contribution in [0.1, 0.15) is 37.4 Å². The van der Waals surface area contributed by atoms with Gasteiger partial charge in [0.2, 0.25) is 0 Å². The first-order valence-electron chi connectivity index (χ1n) is 5.89. The van der Waals surface area contributed by atoms with Crippen molar-refractivity contribution in [2.45, 2.75) is 39.3 Å². The van der Waals surface area contributed by atoms with E-state index in [9.17, 15) is 9.59 Å². The minimum Gasteiger partial charge on any atom is -0.496 e. The molecule has 19 heavy (non-hydrogen) atoms. The Kier molecular flexibility index (Phi) is 4.94. The Labute approximate surface area is 116 Å². The first-order valence-corrected chi connectivity index (χ1v) is 6.77. The van der Waals surface area contributed by atoms with Crippen LogP contribution in [-0.4, -0.2) is 30.6 Å². The molecule has 0 radical (unpaired) electrons. The second-order valence-electron chi connectivity index (χ2n) is 5.08. The zero-order valence-corrected chi connectivity index (χ0v) is 12.6. The van der Waals surface area contributed by atoms with Gasteiger partial charge in [-0.15, -0.1) is 11.3 Å². The van der Waals surface area contributed by atoms with Gasteiger partial charge in [-0.25, -0.2) is 4.79 Å². The first-order chi connectivity index (χ1) is 8.73. The van der Waals surface area contributed by atoms with Crippen LogP contribution in [0.3, 0.4) is 0 Å². The minimum atomic E-state index is -0.695. The number of esters is 1. The average Bonchev–Trinajstić information content (AvgIpc) is 2.75. The van der Waals surface area contributed by atoms with Gasteiger partial charge in [0.05, 0.1) is 12.0 Å². The summed E-state index contributed by atoms with van der Waals surface area (Å²) in [4.78, 5) is 24.1. The zero-order chi connectivity index (χ0) is 14.6. The predicted octanol–water partition coefficient (Wildman–Crippen LogP) is 2.22. The summed E-state index contributed by atoms with van der Waals surface area (Å²) in [5.74, 6) is -0.142. The summed E-state index contributed by atoms with van der Waals surface area (Å²) in [5, 5.41) is 4.33. The van der Waals surface area contributed by atoms with Crippen LogP contribution in [0.5, 0.6) is 5.75 Å². The number of hydrogen-bond donors (Lipinski definition) is 1. The molecule has 1 aromatic rings. The number of amides is 1. The minimum absolute atomic E-state index is 0.313. The van der Waals surface area contributed by atoms with E-state index in [1.54, 1.807) is 39.1 Å². The Balaban J connectivity index is 2.59. The van der Waals surface area contributed by atoms with Gasteiger partial charge < -0.3 is 14.8 Å². The van der Waals surface area contributed by atoms with Crippen molar-refractivity contribution in [3.8, 4) is 5.75 Å². The highest BCUT2D eigenvalue weighted by Gasteiger charge is 2.23. The molecule has 1 heterocycles. The van der Waals surface area contributed by atoms with Gasteiger partial charge in [-0.3, -0.25) is 4.79 Å². The van der Waals surface area contributed by atoms with E-state index in [4.69, 9.17) is 9.47 Å². The molecule has 0 fully saturated rings. The summed E-state index contributed by atoms with van der Waals surface area (Å²) in [6.07, 6.45) is 0. The number of carbonyl (C=O) groups excluding carboxylic acids is 2. The van der Waals surface area contributed by atoms with E-state index in [2.05, 4.69) is 5.32 Å². The van der Waals surface area contributed by atoms with Crippen LogP contribution < -0.4 is 10.1 Å². The summed E-state index contributed by atoms with van der Waals surface area (Å²) in [6, 6.07) is 0.932. The fourth-order valence-electron chi connectivity index (χ4n) is 1.26. The summed E-state index contributed by atoms with van der Waals surface area (Å²) in [7, 11) is 1.53. The maximum Gasteiger partial charge on any atom is 0.328 e. The van der Waals surface area contributed by atoms with Gasteiger partial charge in [-0.05, 0) is 27.7 Å². The Morgan fingerprint density at radius 1 is 1.37 bits per heavy atom. The van der Waals surface area contributed by atoms with E-state index < -0.39 is 17.6 Å². The Morgan fingerprint density at radius 3 is 2.47 bits per heavy atom. The van der Waals surface area contributed by atoms with Gasteiger partial charge in [0.15, 0.2) is 0 Å². The second-order valence-corrected chi connectivity index (χ2v) is 5.99. The maximum atomic E-state index is 11.9. The smallest absolute Gasteiger partial charge is 0.328 e. The van der Waals surface area contributed by atoms with Crippen LogP contribution in [0, 0.1) is 0 Å². The van der Waals surface area contributed by atoms with Crippen molar-refractivity contribution < 1.29 is 19.1 Å². The molecule has 1 atom stereocenters. The lowest BCUT2D eigenvalue weighted by molar-refractivity contribution is -0.156. The third kappa shape index (κ3) is 4.90. The summed E-state index contributed by atoms with van der Waals surface area (Å²) in [5.41, 5.74) is -0.567. The molecule has 0 saturated heterocycles. The highest BCUT2D eigenvalue weighted by Crippen LogP contribution is 2.21. The molecule has 0 aliphatic carbocycles. The summed E-state index contributed by atoms with van der Waals surface area (Å²) >= 11 is 1.26. The molecule has 0 aromatic carbocycles. The van der Waals surface area contributed by atoms with Crippen molar-refractivity contribution in [2.24, 2.45) is 0 Å². The van der Waals surface area contributed by atoms with Crippen molar-refractivity contribution in [3.05, 3.63) is 16.3 Å². The number of rotatable bonds is 4. The number of carbonyl (C=O) groups is 2. The quantitative estimate of drug-likeness (QED) is 0.861. The van der Waals surface area contributed by atoms with Crippen LogP contribution in [-0.2, 0) is 9.53 Å². The van der Waals surface area contributed by atoms with E-state index in [1.165, 1.54) is 18.4 Å². The molecule has 0 spiro atoms. The molecule has 0 bridgehead atoms. The molecule has 0 saturated carbocycles. The number of ether oxygens (including phenoxy) is 2. The summed E-state index contributed by atoms with van der Waals surface area (Å²) < 4.78 is 10.2. The molecular weight excluding hydrogens is 266 g/mol. The molecule has 1 rings (SSSR count). The number of nitrogens with one attached hydrogen (secondary N) is 1. The van der Waals surface area contributed by atoms with Gasteiger partial charge in [0, 0.05) is 11.4 Å². The molecule has 106 valence electrons. The predicted molar refractivity (Wildman–Crippen MR) is 73.6 cm³/mol. The van der Waals surface area contributed by atoms with E-state index in [1.807, 2.05) is 0 Å². The zero-order valence-electron chi connectivity index (χ0n) is 11.8. The largest absolute Gasteiger partial charge is 0.496 e. The normalized spacial score (nSPS) is 12.7. The molecule has 0 aliphatic rings. The molecule has 1 N–H and O–H groups in total. The van der Waals surface area contributed by atoms with Crippen molar-refractivity contribution in [1.82, 2.24) is 5.32 Å². The van der Waals surface area contributed by atoms with E-state index in [0.717, 1.165) is 0 Å². The maximum absolute atomic E-state index is 11.9. The van der Waals surface area contributed by atoms with E-state index in [-0.39, 0.29) is 5.91 Å². The Bertz CT molecular complexity index is 461. The highest BCUT2D eigenvalue weighted by atomic mass is 32.1. The Hall–Kier alpha value is -1.56. The number of hydrogen-bond acceptors (Lipinski definition) is 5. The average molecular weight is 285 g/mol. The lowest BCUT2D eigenvalue weighted by atomic mass is 10.2. The molecule has 1 amide bonds. The first kappa shape index (κ1) is 15.5. The fraction of sp³-hybridized carbons (Fsp3) is 0.538. The lowest BCUT2D eigenvalue weighted by Gasteiger charge is -2.22. The molecule has 0 aliphatic heterocycles. The van der Waals surface area contributed by atoms with Crippen LogP contribution in [0.2, 0.25) is 0 Å². The monoisotopic (exact) mass is 285 g/mol. The van der Waals surface area contributed by atoms with Gasteiger partial charge in [-0.2, -0.15) is 0 Å². The van der Waals surface area contributed by atoms with Crippen LogP contribution in [0.25, 0.3) is 0 Å². The van der Waals surface area contributed by atoms with Crippen LogP contribution >= 0.6 is 11.3 Å². The van der Waals surface area contributed by atoms with Gasteiger partial charge in [-0.1, -0.05) is 0 Å². The third-order valence-corrected chi connectivity index (χ3v) is 3.05. The lowest BCUT2D eigenvalue weighted by Crippen LogP contribution is -2.42. The highest BCUT2D eigenvalue weighted by molar-refractivity contribution is 7.12. The SMILES string of the molecule is COc1csc(C(=O)N[C@@H](C)C(=O)OC(C)(C)C)c1. The van der Waals surface area contributed by atoms with Gasteiger partial charge in [0.1, 0.15) is 17.4 Å². The van der Waals surface area contributed by atoms with Crippen molar-refractivity contribution in [3.63, 3.8) is 0 Å². The third-order valence-electron chi connectivity index (χ3n) is 2.14. The van der Waals surface area contributed by atoms with Crippen LogP contribution in [0.4, 0.5) is 0 Å². The van der Waals surface area contributed by atoms with Gasteiger partial charge in [0.25, 0.3) is 5.91 Å². The number of thiophene rings is 1. The second kappa shape index (κ2) is 6.06.